The van der Waals surface area contributed by atoms with Crippen LogP contribution in [-0.2, 0) is 9.53 Å². The van der Waals surface area contributed by atoms with Gasteiger partial charge in [0.25, 0.3) is 0 Å². The first-order chi connectivity index (χ1) is 15.0. The number of hydrogen-bond donors (Lipinski definition) is 0. The minimum absolute atomic E-state index is 0.234. The molecule has 2 aromatic rings. The molecule has 31 heavy (non-hydrogen) atoms. The lowest BCUT2D eigenvalue weighted by Gasteiger charge is -2.16. The molecule has 2 rings (SSSR count). The normalized spacial score (nSPS) is 10.2. The predicted octanol–water partition coefficient (Wildman–Crippen LogP) is 4.50. The fourth-order valence-electron chi connectivity index (χ4n) is 3.03. The Hall–Kier alpha value is -3.35. The second-order valence-electron chi connectivity index (χ2n) is 6.52. The molecule has 0 aliphatic carbocycles. The van der Waals surface area contributed by atoms with Gasteiger partial charge in [-0.1, -0.05) is 12.6 Å². The Kier molecular flexibility index (Phi) is 9.06. The van der Waals surface area contributed by atoms with Gasteiger partial charge in [-0.2, -0.15) is 0 Å². The van der Waals surface area contributed by atoms with E-state index in [0.717, 1.165) is 16.7 Å². The summed E-state index contributed by atoms with van der Waals surface area (Å²) < 4.78 is 32.5. The zero-order chi connectivity index (χ0) is 22.8. The van der Waals surface area contributed by atoms with Crippen LogP contribution in [0.15, 0.2) is 36.9 Å². The SMILES string of the molecule is C=C(c1ccc(OC)c(OCCCC(=O)OCC)c1)c1cc(OC)c(OC)c(OC)c1. The van der Waals surface area contributed by atoms with E-state index in [1.54, 1.807) is 35.4 Å². The summed E-state index contributed by atoms with van der Waals surface area (Å²) in [4.78, 5) is 11.5. The van der Waals surface area contributed by atoms with Crippen molar-refractivity contribution in [2.45, 2.75) is 19.8 Å². The van der Waals surface area contributed by atoms with Crippen molar-refractivity contribution in [2.24, 2.45) is 0 Å². The second kappa shape index (κ2) is 11.7. The summed E-state index contributed by atoms with van der Waals surface area (Å²) in [7, 11) is 6.28. The van der Waals surface area contributed by atoms with Crippen molar-refractivity contribution >= 4 is 11.5 Å². The number of carbonyl (C=O) groups is 1. The third kappa shape index (κ3) is 6.07. The second-order valence-corrected chi connectivity index (χ2v) is 6.52. The van der Waals surface area contributed by atoms with Crippen LogP contribution in [0, 0.1) is 0 Å². The van der Waals surface area contributed by atoms with Gasteiger partial charge >= 0.3 is 5.97 Å². The summed E-state index contributed by atoms with van der Waals surface area (Å²) in [6, 6.07) is 9.26. The van der Waals surface area contributed by atoms with Gasteiger partial charge in [-0.3, -0.25) is 4.79 Å². The van der Waals surface area contributed by atoms with Gasteiger partial charge in [-0.05, 0) is 54.3 Å². The van der Waals surface area contributed by atoms with E-state index in [1.807, 2.05) is 30.3 Å². The molecule has 0 aliphatic rings. The van der Waals surface area contributed by atoms with Crippen molar-refractivity contribution in [3.63, 3.8) is 0 Å². The fraction of sp³-hybridized carbons (Fsp3) is 0.375. The molecule has 0 aliphatic heterocycles. The number of ether oxygens (including phenoxy) is 6. The molecule has 0 aromatic heterocycles. The number of rotatable bonds is 12. The lowest BCUT2D eigenvalue weighted by atomic mass is 9.98. The molecule has 2 aromatic carbocycles. The van der Waals surface area contributed by atoms with Crippen LogP contribution in [0.5, 0.6) is 28.7 Å². The topological polar surface area (TPSA) is 72.5 Å². The molecule has 7 heteroatoms. The standard InChI is InChI=1S/C24H30O7/c1-7-30-23(25)9-8-12-31-20-13-17(10-11-19(20)26-3)16(2)18-14-21(27-4)24(29-6)22(15-18)28-5/h10-11,13-15H,2,7-9,12H2,1,3-6H3. The van der Waals surface area contributed by atoms with Crippen LogP contribution >= 0.6 is 0 Å². The Bertz CT molecular complexity index is 880. The zero-order valence-electron chi connectivity index (χ0n) is 18.8. The summed E-state index contributed by atoms with van der Waals surface area (Å²) in [6.07, 6.45) is 0.841. The Balaban J connectivity index is 2.23. The van der Waals surface area contributed by atoms with Crippen molar-refractivity contribution < 1.29 is 33.2 Å². The molecular weight excluding hydrogens is 400 g/mol. The minimum atomic E-state index is -0.234. The van der Waals surface area contributed by atoms with E-state index in [1.165, 1.54) is 0 Å². The van der Waals surface area contributed by atoms with Crippen LogP contribution < -0.4 is 23.7 Å². The fourth-order valence-corrected chi connectivity index (χ4v) is 3.03. The molecule has 0 saturated carbocycles. The highest BCUT2D eigenvalue weighted by atomic mass is 16.5. The molecule has 0 saturated heterocycles. The van der Waals surface area contributed by atoms with Crippen molar-refractivity contribution in [3.8, 4) is 28.7 Å². The summed E-state index contributed by atoms with van der Waals surface area (Å²) in [5.74, 6) is 2.53. The molecular formula is C24H30O7. The average Bonchev–Trinajstić information content (AvgIpc) is 2.80. The molecule has 0 unspecified atom stereocenters. The number of hydrogen-bond acceptors (Lipinski definition) is 7. The maximum atomic E-state index is 11.5. The maximum Gasteiger partial charge on any atom is 0.305 e. The van der Waals surface area contributed by atoms with Crippen molar-refractivity contribution in [3.05, 3.63) is 48.0 Å². The molecule has 0 N–H and O–H groups in total. The first kappa shape index (κ1) is 23.9. The largest absolute Gasteiger partial charge is 0.493 e. The van der Waals surface area contributed by atoms with Gasteiger partial charge in [0.05, 0.1) is 41.7 Å². The maximum absolute atomic E-state index is 11.5. The molecule has 168 valence electrons. The molecule has 0 spiro atoms. The van der Waals surface area contributed by atoms with Gasteiger partial charge in [0.15, 0.2) is 23.0 Å². The smallest absolute Gasteiger partial charge is 0.305 e. The molecule has 0 fully saturated rings. The van der Waals surface area contributed by atoms with Gasteiger partial charge < -0.3 is 28.4 Å². The van der Waals surface area contributed by atoms with Crippen LogP contribution in [-0.4, -0.2) is 47.6 Å². The van der Waals surface area contributed by atoms with Gasteiger partial charge in [0.1, 0.15) is 0 Å². The van der Waals surface area contributed by atoms with Crippen LogP contribution in [0.2, 0.25) is 0 Å². The third-order valence-electron chi connectivity index (χ3n) is 4.61. The number of esters is 1. The Morgan fingerprint density at radius 3 is 2.00 bits per heavy atom. The average molecular weight is 430 g/mol. The van der Waals surface area contributed by atoms with E-state index >= 15 is 0 Å². The first-order valence-electron chi connectivity index (χ1n) is 9.95. The lowest BCUT2D eigenvalue weighted by molar-refractivity contribution is -0.143. The van der Waals surface area contributed by atoms with Gasteiger partial charge in [0.2, 0.25) is 5.75 Å². The van der Waals surface area contributed by atoms with E-state index in [0.29, 0.717) is 54.8 Å². The zero-order valence-corrected chi connectivity index (χ0v) is 18.8. The van der Waals surface area contributed by atoms with Crippen LogP contribution in [0.1, 0.15) is 30.9 Å². The molecule has 7 nitrogen and oxygen atoms in total. The lowest BCUT2D eigenvalue weighted by Crippen LogP contribution is -2.07. The molecule has 0 amide bonds. The Labute approximate surface area is 183 Å². The summed E-state index contributed by atoms with van der Waals surface area (Å²) >= 11 is 0. The van der Waals surface area contributed by atoms with E-state index in [9.17, 15) is 4.79 Å². The number of benzene rings is 2. The summed E-state index contributed by atoms with van der Waals surface area (Å²) in [6.45, 7) is 6.74. The van der Waals surface area contributed by atoms with Crippen LogP contribution in [0.4, 0.5) is 0 Å². The summed E-state index contributed by atoms with van der Waals surface area (Å²) in [5.41, 5.74) is 2.40. The number of carbonyl (C=O) groups excluding carboxylic acids is 1. The Morgan fingerprint density at radius 2 is 1.45 bits per heavy atom. The molecule has 0 atom stereocenters. The van der Waals surface area contributed by atoms with Gasteiger partial charge in [-0.25, -0.2) is 0 Å². The Morgan fingerprint density at radius 1 is 0.839 bits per heavy atom. The monoisotopic (exact) mass is 430 g/mol. The van der Waals surface area contributed by atoms with E-state index in [-0.39, 0.29) is 5.97 Å². The third-order valence-corrected chi connectivity index (χ3v) is 4.61. The van der Waals surface area contributed by atoms with Gasteiger partial charge in [0, 0.05) is 6.42 Å². The molecule has 0 radical (unpaired) electrons. The summed E-state index contributed by atoms with van der Waals surface area (Å²) in [5, 5.41) is 0. The van der Waals surface area contributed by atoms with Crippen LogP contribution in [0.3, 0.4) is 0 Å². The molecule has 0 heterocycles. The van der Waals surface area contributed by atoms with Crippen LogP contribution in [0.25, 0.3) is 5.57 Å². The highest BCUT2D eigenvalue weighted by molar-refractivity contribution is 5.81. The van der Waals surface area contributed by atoms with Crippen molar-refractivity contribution in [1.82, 2.24) is 0 Å². The highest BCUT2D eigenvalue weighted by Gasteiger charge is 2.16. The van der Waals surface area contributed by atoms with Gasteiger partial charge in [-0.15, -0.1) is 0 Å². The molecule has 0 bridgehead atoms. The highest BCUT2D eigenvalue weighted by Crippen LogP contribution is 2.41. The minimum Gasteiger partial charge on any atom is -0.493 e. The van der Waals surface area contributed by atoms with E-state index in [4.69, 9.17) is 28.4 Å². The van der Waals surface area contributed by atoms with Crippen molar-refractivity contribution in [1.29, 1.82) is 0 Å². The van der Waals surface area contributed by atoms with E-state index in [2.05, 4.69) is 6.58 Å². The van der Waals surface area contributed by atoms with E-state index < -0.39 is 0 Å². The number of methoxy groups -OCH3 is 4. The quantitative estimate of drug-likeness (QED) is 0.362. The van der Waals surface area contributed by atoms with Crippen molar-refractivity contribution in [2.75, 3.05) is 41.7 Å². The predicted molar refractivity (Wildman–Crippen MR) is 119 cm³/mol. The first-order valence-corrected chi connectivity index (χ1v) is 9.95.